The standard InChI is InChI=1S/C10H7Cl2NO/c1-14-6-2-3-9-7(4-6)10(12)8(11)5-13-9/h2-5H,1H3. The van der Waals surface area contributed by atoms with Crippen molar-refractivity contribution in [3.05, 3.63) is 34.4 Å². The van der Waals surface area contributed by atoms with Crippen LogP contribution in [0.25, 0.3) is 10.9 Å². The predicted molar refractivity (Wildman–Crippen MR) is 58.3 cm³/mol. The van der Waals surface area contributed by atoms with Crippen LogP contribution in [0, 0.1) is 0 Å². The van der Waals surface area contributed by atoms with Crippen molar-refractivity contribution in [3.8, 4) is 5.75 Å². The quantitative estimate of drug-likeness (QED) is 0.744. The van der Waals surface area contributed by atoms with Crippen molar-refractivity contribution >= 4 is 34.1 Å². The highest BCUT2D eigenvalue weighted by molar-refractivity contribution is 6.45. The van der Waals surface area contributed by atoms with Gasteiger partial charge in [0.05, 0.1) is 22.7 Å². The summed E-state index contributed by atoms with van der Waals surface area (Å²) in [6, 6.07) is 5.49. The first-order valence-electron chi connectivity index (χ1n) is 4.00. The fourth-order valence-corrected chi connectivity index (χ4v) is 1.59. The largest absolute Gasteiger partial charge is 0.497 e. The number of rotatable bonds is 1. The van der Waals surface area contributed by atoms with Gasteiger partial charge in [0, 0.05) is 11.6 Å². The van der Waals surface area contributed by atoms with E-state index in [9.17, 15) is 0 Å². The maximum absolute atomic E-state index is 6.03. The van der Waals surface area contributed by atoms with Crippen molar-refractivity contribution in [2.45, 2.75) is 0 Å². The van der Waals surface area contributed by atoms with E-state index >= 15 is 0 Å². The molecule has 0 amide bonds. The molecule has 0 bridgehead atoms. The molecular weight excluding hydrogens is 221 g/mol. The number of methoxy groups -OCH3 is 1. The van der Waals surface area contributed by atoms with Crippen molar-refractivity contribution in [1.29, 1.82) is 0 Å². The molecule has 2 rings (SSSR count). The van der Waals surface area contributed by atoms with Crippen molar-refractivity contribution in [1.82, 2.24) is 4.98 Å². The number of ether oxygens (including phenoxy) is 1. The van der Waals surface area contributed by atoms with Crippen LogP contribution in [0.3, 0.4) is 0 Å². The van der Waals surface area contributed by atoms with Gasteiger partial charge in [-0.15, -0.1) is 0 Å². The van der Waals surface area contributed by atoms with Gasteiger partial charge in [0.2, 0.25) is 0 Å². The Balaban J connectivity index is 2.78. The predicted octanol–water partition coefficient (Wildman–Crippen LogP) is 3.55. The molecule has 2 aromatic rings. The molecule has 72 valence electrons. The summed E-state index contributed by atoms with van der Waals surface area (Å²) in [5.41, 5.74) is 0.806. The second-order valence-corrected chi connectivity index (χ2v) is 3.59. The first-order chi connectivity index (χ1) is 6.72. The molecule has 0 aliphatic carbocycles. The average Bonchev–Trinajstić information content (AvgIpc) is 2.23. The van der Waals surface area contributed by atoms with E-state index < -0.39 is 0 Å². The molecule has 1 heterocycles. The highest BCUT2D eigenvalue weighted by Crippen LogP contribution is 2.31. The topological polar surface area (TPSA) is 22.1 Å². The van der Waals surface area contributed by atoms with E-state index in [0.717, 1.165) is 16.7 Å². The number of aromatic nitrogens is 1. The number of pyridine rings is 1. The second kappa shape index (κ2) is 3.64. The fourth-order valence-electron chi connectivity index (χ4n) is 1.24. The number of nitrogens with zero attached hydrogens (tertiary/aromatic N) is 1. The molecule has 0 aliphatic heterocycles. The van der Waals surface area contributed by atoms with Crippen LogP contribution in [0.4, 0.5) is 0 Å². The number of fused-ring (bicyclic) bond motifs is 1. The zero-order valence-corrected chi connectivity index (χ0v) is 8.93. The number of hydrogen-bond donors (Lipinski definition) is 0. The van der Waals surface area contributed by atoms with Crippen LogP contribution in [0.2, 0.25) is 10.0 Å². The highest BCUT2D eigenvalue weighted by atomic mass is 35.5. The van der Waals surface area contributed by atoms with Gasteiger partial charge in [-0.2, -0.15) is 0 Å². The van der Waals surface area contributed by atoms with Crippen molar-refractivity contribution in [2.24, 2.45) is 0 Å². The smallest absolute Gasteiger partial charge is 0.119 e. The monoisotopic (exact) mass is 227 g/mol. The third kappa shape index (κ3) is 1.51. The third-order valence-electron chi connectivity index (χ3n) is 1.97. The Kier molecular flexibility index (Phi) is 2.48. The van der Waals surface area contributed by atoms with E-state index in [2.05, 4.69) is 4.98 Å². The van der Waals surface area contributed by atoms with Crippen LogP contribution in [0.1, 0.15) is 0 Å². The number of halogens is 2. The van der Waals surface area contributed by atoms with Crippen LogP contribution < -0.4 is 4.74 Å². The summed E-state index contributed by atoms with van der Waals surface area (Å²) in [7, 11) is 1.60. The SMILES string of the molecule is COc1ccc2ncc(Cl)c(Cl)c2c1. The van der Waals surface area contributed by atoms with Crippen LogP contribution in [-0.2, 0) is 0 Å². The zero-order chi connectivity index (χ0) is 10.1. The van der Waals surface area contributed by atoms with E-state index in [1.54, 1.807) is 13.3 Å². The summed E-state index contributed by atoms with van der Waals surface area (Å²) < 4.78 is 5.09. The molecule has 4 heteroatoms. The molecular formula is C10H7Cl2NO. The molecule has 14 heavy (non-hydrogen) atoms. The minimum atomic E-state index is 0.451. The summed E-state index contributed by atoms with van der Waals surface area (Å²) in [6.45, 7) is 0. The number of hydrogen-bond acceptors (Lipinski definition) is 2. The van der Waals surface area contributed by atoms with Crippen LogP contribution >= 0.6 is 23.2 Å². The summed E-state index contributed by atoms with van der Waals surface area (Å²) in [5.74, 6) is 0.739. The van der Waals surface area contributed by atoms with Gasteiger partial charge in [0.25, 0.3) is 0 Å². The molecule has 0 spiro atoms. The molecule has 2 nitrogen and oxygen atoms in total. The number of benzene rings is 1. The van der Waals surface area contributed by atoms with Crippen LogP contribution in [0.15, 0.2) is 24.4 Å². The lowest BCUT2D eigenvalue weighted by Gasteiger charge is -2.04. The van der Waals surface area contributed by atoms with Crippen molar-refractivity contribution in [3.63, 3.8) is 0 Å². The Morgan fingerprint density at radius 3 is 2.79 bits per heavy atom. The van der Waals surface area contributed by atoms with Crippen molar-refractivity contribution in [2.75, 3.05) is 7.11 Å². The summed E-state index contributed by atoms with van der Waals surface area (Å²) in [4.78, 5) is 4.15. The maximum atomic E-state index is 6.03. The lowest BCUT2D eigenvalue weighted by molar-refractivity contribution is 0.415. The van der Waals surface area contributed by atoms with Gasteiger partial charge in [0.15, 0.2) is 0 Å². The van der Waals surface area contributed by atoms with Gasteiger partial charge in [-0.25, -0.2) is 0 Å². The van der Waals surface area contributed by atoms with Gasteiger partial charge in [-0.1, -0.05) is 23.2 Å². The first kappa shape index (κ1) is 9.56. The van der Waals surface area contributed by atoms with E-state index in [1.807, 2.05) is 18.2 Å². The minimum Gasteiger partial charge on any atom is -0.497 e. The van der Waals surface area contributed by atoms with E-state index in [0.29, 0.717) is 10.0 Å². The first-order valence-corrected chi connectivity index (χ1v) is 4.75. The molecule has 1 aromatic carbocycles. The normalized spacial score (nSPS) is 10.5. The highest BCUT2D eigenvalue weighted by Gasteiger charge is 2.05. The molecule has 0 saturated carbocycles. The molecule has 0 radical (unpaired) electrons. The molecule has 0 unspecified atom stereocenters. The van der Waals surface area contributed by atoms with Crippen molar-refractivity contribution < 1.29 is 4.74 Å². The molecule has 0 N–H and O–H groups in total. The van der Waals surface area contributed by atoms with Gasteiger partial charge < -0.3 is 4.74 Å². The lowest BCUT2D eigenvalue weighted by Crippen LogP contribution is -1.85. The average molecular weight is 228 g/mol. The summed E-state index contributed by atoms with van der Waals surface area (Å²) in [5, 5.41) is 1.77. The molecule has 0 saturated heterocycles. The Morgan fingerprint density at radius 1 is 1.29 bits per heavy atom. The van der Waals surface area contributed by atoms with Crippen LogP contribution in [0.5, 0.6) is 5.75 Å². The fraction of sp³-hybridized carbons (Fsp3) is 0.100. The third-order valence-corrected chi connectivity index (χ3v) is 2.76. The van der Waals surface area contributed by atoms with Gasteiger partial charge in [-0.05, 0) is 18.2 Å². The van der Waals surface area contributed by atoms with Gasteiger partial charge in [0.1, 0.15) is 5.75 Å². The Labute approximate surface area is 91.4 Å². The molecule has 0 aliphatic rings. The molecule has 1 aromatic heterocycles. The summed E-state index contributed by atoms with van der Waals surface area (Å²) in [6.07, 6.45) is 1.54. The maximum Gasteiger partial charge on any atom is 0.119 e. The summed E-state index contributed by atoms with van der Waals surface area (Å²) >= 11 is 11.9. The van der Waals surface area contributed by atoms with Crippen LogP contribution in [-0.4, -0.2) is 12.1 Å². The van der Waals surface area contributed by atoms with Gasteiger partial charge >= 0.3 is 0 Å². The zero-order valence-electron chi connectivity index (χ0n) is 7.42. The van der Waals surface area contributed by atoms with E-state index in [-0.39, 0.29) is 0 Å². The minimum absolute atomic E-state index is 0.451. The van der Waals surface area contributed by atoms with E-state index in [1.165, 1.54) is 0 Å². The Hall–Kier alpha value is -0.990. The Morgan fingerprint density at radius 2 is 2.07 bits per heavy atom. The Bertz CT molecular complexity index is 485. The second-order valence-electron chi connectivity index (χ2n) is 2.80. The molecule has 0 atom stereocenters. The van der Waals surface area contributed by atoms with E-state index in [4.69, 9.17) is 27.9 Å². The lowest BCUT2D eigenvalue weighted by atomic mass is 10.2. The molecule has 0 fully saturated rings. The van der Waals surface area contributed by atoms with Gasteiger partial charge in [-0.3, -0.25) is 4.98 Å².